The van der Waals surface area contributed by atoms with E-state index in [1.807, 2.05) is 0 Å². The standard InChI is InChI=1S/C6H8ClNO2.C5H12/c1-2-5(7)6(9)3-4-10-8;1-3-5-4-2/h2-4,9H,1,8H2;3-5H2,1-2H3/b4-3-,6-5-;. The van der Waals surface area contributed by atoms with Gasteiger partial charge in [0.25, 0.3) is 0 Å². The van der Waals surface area contributed by atoms with Crippen molar-refractivity contribution in [2.24, 2.45) is 5.90 Å². The Bertz CT molecular complexity index is 211. The molecule has 0 aromatic carbocycles. The molecule has 0 aliphatic carbocycles. The summed E-state index contributed by atoms with van der Waals surface area (Å²) < 4.78 is 0. The Balaban J connectivity index is 0. The Kier molecular flexibility index (Phi) is 14.4. The van der Waals surface area contributed by atoms with Gasteiger partial charge in [0.05, 0.1) is 5.03 Å². The van der Waals surface area contributed by atoms with Crippen molar-refractivity contribution >= 4 is 11.6 Å². The maximum Gasteiger partial charge on any atom is 0.137 e. The lowest BCUT2D eigenvalue weighted by Crippen LogP contribution is -1.88. The second kappa shape index (κ2) is 13.1. The molecule has 0 rings (SSSR count). The van der Waals surface area contributed by atoms with Crippen LogP contribution in [0.15, 0.2) is 35.8 Å². The molecule has 0 unspecified atom stereocenters. The summed E-state index contributed by atoms with van der Waals surface area (Å²) in [6.07, 6.45) is 7.69. The van der Waals surface area contributed by atoms with Crippen molar-refractivity contribution < 1.29 is 9.94 Å². The number of rotatable bonds is 5. The summed E-state index contributed by atoms with van der Waals surface area (Å²) in [5.74, 6) is 4.49. The van der Waals surface area contributed by atoms with Crippen LogP contribution in [-0.4, -0.2) is 5.11 Å². The molecule has 0 saturated carbocycles. The second-order valence-corrected chi connectivity index (χ2v) is 3.14. The summed E-state index contributed by atoms with van der Waals surface area (Å²) in [7, 11) is 0. The number of allylic oxidation sites excluding steroid dienone is 3. The van der Waals surface area contributed by atoms with Gasteiger partial charge < -0.3 is 9.94 Å². The van der Waals surface area contributed by atoms with Crippen LogP contribution in [0.5, 0.6) is 0 Å². The van der Waals surface area contributed by atoms with Crippen LogP contribution < -0.4 is 5.90 Å². The minimum Gasteiger partial charge on any atom is -0.506 e. The molecule has 0 fully saturated rings. The van der Waals surface area contributed by atoms with Gasteiger partial charge in [-0.2, -0.15) is 5.90 Å². The second-order valence-electron chi connectivity index (χ2n) is 2.73. The Labute approximate surface area is 96.8 Å². The highest BCUT2D eigenvalue weighted by molar-refractivity contribution is 6.31. The van der Waals surface area contributed by atoms with Crippen molar-refractivity contribution in [1.29, 1.82) is 0 Å². The van der Waals surface area contributed by atoms with E-state index >= 15 is 0 Å². The highest BCUT2D eigenvalue weighted by Crippen LogP contribution is 2.08. The summed E-state index contributed by atoms with van der Waals surface area (Å²) in [6.45, 7) is 7.76. The lowest BCUT2D eigenvalue weighted by Gasteiger charge is -1.91. The molecule has 0 heterocycles. The van der Waals surface area contributed by atoms with Crippen molar-refractivity contribution in [1.82, 2.24) is 0 Å². The third-order valence-electron chi connectivity index (χ3n) is 1.44. The molecule has 0 aromatic rings. The van der Waals surface area contributed by atoms with Crippen LogP contribution in [0.3, 0.4) is 0 Å². The number of hydrogen-bond acceptors (Lipinski definition) is 3. The molecule has 0 amide bonds. The molecule has 0 spiro atoms. The molecule has 0 saturated heterocycles. The number of unbranched alkanes of at least 4 members (excludes halogenated alkanes) is 2. The van der Waals surface area contributed by atoms with Gasteiger partial charge in [-0.25, -0.2) is 0 Å². The van der Waals surface area contributed by atoms with E-state index < -0.39 is 0 Å². The van der Waals surface area contributed by atoms with Crippen LogP contribution in [0.4, 0.5) is 0 Å². The fourth-order valence-corrected chi connectivity index (χ4v) is 0.704. The van der Waals surface area contributed by atoms with E-state index in [1.165, 1.54) is 31.4 Å². The van der Waals surface area contributed by atoms with E-state index in [9.17, 15) is 0 Å². The van der Waals surface area contributed by atoms with E-state index in [-0.39, 0.29) is 10.8 Å². The van der Waals surface area contributed by atoms with Gasteiger partial charge in [0.15, 0.2) is 0 Å². The van der Waals surface area contributed by atoms with Gasteiger partial charge in [0.2, 0.25) is 0 Å². The largest absolute Gasteiger partial charge is 0.506 e. The number of hydrogen-bond donors (Lipinski definition) is 2. The molecule has 0 aromatic heterocycles. The van der Waals surface area contributed by atoms with Crippen molar-refractivity contribution in [2.45, 2.75) is 33.1 Å². The van der Waals surface area contributed by atoms with E-state index in [1.54, 1.807) is 0 Å². The van der Waals surface area contributed by atoms with Crippen molar-refractivity contribution in [3.63, 3.8) is 0 Å². The number of aliphatic hydroxyl groups excluding tert-OH is 1. The van der Waals surface area contributed by atoms with Gasteiger partial charge in [0.1, 0.15) is 12.0 Å². The number of nitrogens with two attached hydrogens (primary N) is 1. The third kappa shape index (κ3) is 13.1. The molecule has 88 valence electrons. The molecule has 0 radical (unpaired) electrons. The van der Waals surface area contributed by atoms with E-state index in [4.69, 9.17) is 16.7 Å². The molecule has 4 heteroatoms. The maximum atomic E-state index is 8.90. The summed E-state index contributed by atoms with van der Waals surface area (Å²) in [5.41, 5.74) is 0. The van der Waals surface area contributed by atoms with Gasteiger partial charge in [-0.1, -0.05) is 51.3 Å². The first-order valence-corrected chi connectivity index (χ1v) is 5.25. The van der Waals surface area contributed by atoms with Gasteiger partial charge in [-0.3, -0.25) is 0 Å². The average molecular weight is 234 g/mol. The van der Waals surface area contributed by atoms with Crippen molar-refractivity contribution in [3.8, 4) is 0 Å². The zero-order valence-electron chi connectivity index (χ0n) is 9.37. The molecule has 3 N–H and O–H groups in total. The number of aliphatic hydroxyl groups is 1. The summed E-state index contributed by atoms with van der Waals surface area (Å²) in [4.78, 5) is 4.04. The highest BCUT2D eigenvalue weighted by atomic mass is 35.5. The lowest BCUT2D eigenvalue weighted by molar-refractivity contribution is 0.259. The van der Waals surface area contributed by atoms with Crippen molar-refractivity contribution in [2.75, 3.05) is 0 Å². The quantitative estimate of drug-likeness (QED) is 0.432. The van der Waals surface area contributed by atoms with Crippen LogP contribution in [-0.2, 0) is 4.84 Å². The summed E-state index contributed by atoms with van der Waals surface area (Å²) >= 11 is 5.42. The first-order valence-electron chi connectivity index (χ1n) is 4.87. The number of halogens is 1. The molecule has 0 bridgehead atoms. The van der Waals surface area contributed by atoms with Crippen LogP contribution in [0, 0.1) is 0 Å². The van der Waals surface area contributed by atoms with Crippen LogP contribution in [0.1, 0.15) is 33.1 Å². The average Bonchev–Trinajstić information content (AvgIpc) is 2.26. The van der Waals surface area contributed by atoms with E-state index in [2.05, 4.69) is 31.2 Å². The van der Waals surface area contributed by atoms with Gasteiger partial charge in [-0.15, -0.1) is 0 Å². The Morgan fingerprint density at radius 3 is 2.27 bits per heavy atom. The third-order valence-corrected chi connectivity index (χ3v) is 1.78. The monoisotopic (exact) mass is 233 g/mol. The fourth-order valence-electron chi connectivity index (χ4n) is 0.641. The minimum atomic E-state index is -0.137. The molecule has 15 heavy (non-hydrogen) atoms. The molecule has 0 atom stereocenters. The SMILES string of the molecule is C=C/C(Cl)=C(O)\C=C/ON.CCCCC. The first kappa shape index (κ1) is 16.5. The molecule has 3 nitrogen and oxygen atoms in total. The Morgan fingerprint density at radius 2 is 2.00 bits per heavy atom. The van der Waals surface area contributed by atoms with Crippen LogP contribution in [0.25, 0.3) is 0 Å². The van der Waals surface area contributed by atoms with Gasteiger partial charge >= 0.3 is 0 Å². The predicted molar refractivity (Wildman–Crippen MR) is 65.3 cm³/mol. The zero-order chi connectivity index (χ0) is 12.1. The zero-order valence-corrected chi connectivity index (χ0v) is 10.1. The highest BCUT2D eigenvalue weighted by Gasteiger charge is 1.91. The predicted octanol–water partition coefficient (Wildman–Crippen LogP) is 3.78. The topological polar surface area (TPSA) is 55.5 Å². The molecule has 0 aliphatic rings. The lowest BCUT2D eigenvalue weighted by atomic mass is 10.3. The van der Waals surface area contributed by atoms with E-state index in [0.29, 0.717) is 0 Å². The van der Waals surface area contributed by atoms with Crippen molar-refractivity contribution in [3.05, 3.63) is 35.8 Å². The van der Waals surface area contributed by atoms with Gasteiger partial charge in [-0.05, 0) is 6.08 Å². The van der Waals surface area contributed by atoms with Crippen LogP contribution >= 0.6 is 11.6 Å². The Hall–Kier alpha value is -0.930. The fraction of sp³-hybridized carbons (Fsp3) is 0.455. The maximum absolute atomic E-state index is 8.90. The normalized spacial score (nSPS) is 11.5. The summed E-state index contributed by atoms with van der Waals surface area (Å²) in [6, 6.07) is 0. The van der Waals surface area contributed by atoms with E-state index in [0.717, 1.165) is 6.26 Å². The van der Waals surface area contributed by atoms with Crippen LogP contribution in [0.2, 0.25) is 0 Å². The molecular formula is C11H20ClNO2. The Morgan fingerprint density at radius 1 is 1.47 bits per heavy atom. The summed E-state index contributed by atoms with van der Waals surface area (Å²) in [5, 5.41) is 9.05. The molecule has 0 aliphatic heterocycles. The first-order chi connectivity index (χ1) is 7.13. The smallest absolute Gasteiger partial charge is 0.137 e. The minimum absolute atomic E-state index is 0.137. The van der Waals surface area contributed by atoms with Gasteiger partial charge in [0, 0.05) is 6.08 Å². The molecular weight excluding hydrogens is 214 g/mol.